The predicted molar refractivity (Wildman–Crippen MR) is 73.9 cm³/mol. The van der Waals surface area contributed by atoms with Crippen molar-refractivity contribution < 1.29 is 23.5 Å². The molecular formula is C16H13FO4. The Labute approximate surface area is 121 Å². The molecule has 108 valence electrons. The summed E-state index contributed by atoms with van der Waals surface area (Å²) >= 11 is 0. The van der Waals surface area contributed by atoms with E-state index in [9.17, 15) is 14.0 Å². The van der Waals surface area contributed by atoms with Gasteiger partial charge < -0.3 is 9.47 Å². The summed E-state index contributed by atoms with van der Waals surface area (Å²) in [5.41, 5.74) is 1.40. The third-order valence-electron chi connectivity index (χ3n) is 2.87. The summed E-state index contributed by atoms with van der Waals surface area (Å²) < 4.78 is 23.1. The molecule has 0 unspecified atom stereocenters. The van der Waals surface area contributed by atoms with Crippen molar-refractivity contribution in [3.63, 3.8) is 0 Å². The maximum absolute atomic E-state index is 13.0. The number of carbonyl (C=O) groups excluding carboxylic acids is 2. The monoisotopic (exact) mass is 288 g/mol. The lowest BCUT2D eigenvalue weighted by molar-refractivity contribution is 0.0600. The largest absolute Gasteiger partial charge is 0.488 e. The zero-order valence-corrected chi connectivity index (χ0v) is 11.3. The van der Waals surface area contributed by atoms with Crippen molar-refractivity contribution in [3.05, 3.63) is 65.0 Å². The number of ether oxygens (including phenoxy) is 2. The molecule has 2 rings (SSSR count). The zero-order chi connectivity index (χ0) is 15.2. The average molecular weight is 288 g/mol. The Bertz CT molecular complexity index is 650. The highest BCUT2D eigenvalue weighted by molar-refractivity contribution is 5.89. The van der Waals surface area contributed by atoms with Gasteiger partial charge in [0, 0.05) is 0 Å². The Hall–Kier alpha value is -2.69. The van der Waals surface area contributed by atoms with E-state index >= 15 is 0 Å². The molecule has 0 amide bonds. The lowest BCUT2D eigenvalue weighted by Gasteiger charge is -2.09. The summed E-state index contributed by atoms with van der Waals surface area (Å²) in [5, 5.41) is 0. The fraction of sp³-hybridized carbons (Fsp3) is 0.125. The van der Waals surface area contributed by atoms with Crippen LogP contribution < -0.4 is 4.74 Å². The molecule has 2 aromatic rings. The van der Waals surface area contributed by atoms with Crippen LogP contribution in [0.5, 0.6) is 5.75 Å². The van der Waals surface area contributed by atoms with E-state index in [0.717, 1.165) is 11.6 Å². The van der Waals surface area contributed by atoms with Crippen LogP contribution in [0.3, 0.4) is 0 Å². The molecule has 0 saturated heterocycles. The maximum Gasteiger partial charge on any atom is 0.337 e. The number of hydrogen-bond acceptors (Lipinski definition) is 4. The van der Waals surface area contributed by atoms with Crippen molar-refractivity contribution in [2.75, 3.05) is 7.11 Å². The van der Waals surface area contributed by atoms with Gasteiger partial charge in [-0.2, -0.15) is 0 Å². The standard InChI is InChI=1S/C16H13FO4/c1-20-16(19)12-4-2-11(3-5-12)10-21-15-7-6-14(17)8-13(15)9-18/h2-9H,10H2,1H3. The fourth-order valence-corrected chi connectivity index (χ4v) is 1.76. The number of hydrogen-bond donors (Lipinski definition) is 0. The Morgan fingerprint density at radius 2 is 1.90 bits per heavy atom. The van der Waals surface area contributed by atoms with E-state index in [2.05, 4.69) is 4.74 Å². The normalized spacial score (nSPS) is 10.0. The third kappa shape index (κ3) is 3.66. The summed E-state index contributed by atoms with van der Waals surface area (Å²) in [5.74, 6) is -0.598. The molecule has 5 heteroatoms. The van der Waals surface area contributed by atoms with Crippen LogP contribution in [-0.2, 0) is 11.3 Å². The molecule has 0 aliphatic rings. The van der Waals surface area contributed by atoms with Gasteiger partial charge in [0.05, 0.1) is 18.2 Å². The summed E-state index contributed by atoms with van der Waals surface area (Å²) in [6.45, 7) is 0.202. The molecule has 0 aromatic heterocycles. The Morgan fingerprint density at radius 1 is 1.19 bits per heavy atom. The summed E-state index contributed by atoms with van der Waals surface area (Å²) in [6.07, 6.45) is 0.540. The van der Waals surface area contributed by atoms with Gasteiger partial charge in [-0.25, -0.2) is 9.18 Å². The van der Waals surface area contributed by atoms with E-state index < -0.39 is 11.8 Å². The van der Waals surface area contributed by atoms with Crippen LogP contribution in [0.2, 0.25) is 0 Å². The van der Waals surface area contributed by atoms with Gasteiger partial charge in [0.15, 0.2) is 6.29 Å². The van der Waals surface area contributed by atoms with Crippen molar-refractivity contribution in [1.82, 2.24) is 0 Å². The van der Waals surface area contributed by atoms with Gasteiger partial charge in [0.2, 0.25) is 0 Å². The lowest BCUT2D eigenvalue weighted by atomic mass is 10.1. The van der Waals surface area contributed by atoms with Crippen molar-refractivity contribution in [3.8, 4) is 5.75 Å². The van der Waals surface area contributed by atoms with E-state index in [0.29, 0.717) is 17.6 Å². The van der Waals surface area contributed by atoms with Gasteiger partial charge in [0.25, 0.3) is 0 Å². The first-order chi connectivity index (χ1) is 10.1. The Morgan fingerprint density at radius 3 is 2.52 bits per heavy atom. The van der Waals surface area contributed by atoms with Gasteiger partial charge in [-0.3, -0.25) is 4.79 Å². The highest BCUT2D eigenvalue weighted by atomic mass is 19.1. The minimum atomic E-state index is -0.494. The molecule has 0 aliphatic carbocycles. The number of methoxy groups -OCH3 is 1. The molecule has 0 saturated carbocycles. The van der Waals surface area contributed by atoms with Crippen LogP contribution in [0.1, 0.15) is 26.3 Å². The summed E-state index contributed by atoms with van der Waals surface area (Å²) in [4.78, 5) is 22.1. The second-order valence-electron chi connectivity index (χ2n) is 4.28. The van der Waals surface area contributed by atoms with Crippen molar-refractivity contribution in [2.24, 2.45) is 0 Å². The molecule has 0 bridgehead atoms. The first kappa shape index (κ1) is 14.7. The van der Waals surface area contributed by atoms with E-state index in [4.69, 9.17) is 4.74 Å². The average Bonchev–Trinajstić information content (AvgIpc) is 2.53. The lowest BCUT2D eigenvalue weighted by Crippen LogP contribution is -2.02. The number of carbonyl (C=O) groups is 2. The van der Waals surface area contributed by atoms with Gasteiger partial charge >= 0.3 is 5.97 Å². The van der Waals surface area contributed by atoms with Crippen LogP contribution in [0.4, 0.5) is 4.39 Å². The van der Waals surface area contributed by atoms with Crippen LogP contribution >= 0.6 is 0 Å². The predicted octanol–water partition coefficient (Wildman–Crippen LogP) is 3.00. The SMILES string of the molecule is COC(=O)c1ccc(COc2ccc(F)cc2C=O)cc1. The maximum atomic E-state index is 13.0. The van der Waals surface area contributed by atoms with Crippen LogP contribution in [0, 0.1) is 5.82 Å². The highest BCUT2D eigenvalue weighted by Crippen LogP contribution is 2.19. The molecule has 0 radical (unpaired) electrons. The fourth-order valence-electron chi connectivity index (χ4n) is 1.76. The number of halogens is 1. The second-order valence-corrected chi connectivity index (χ2v) is 4.28. The van der Waals surface area contributed by atoms with Crippen LogP contribution in [0.25, 0.3) is 0 Å². The number of esters is 1. The Balaban J connectivity index is 2.06. The molecular weight excluding hydrogens is 275 g/mol. The number of aldehydes is 1. The molecule has 0 aliphatic heterocycles. The summed E-state index contributed by atoms with van der Waals surface area (Å²) in [7, 11) is 1.31. The van der Waals surface area contributed by atoms with Gasteiger partial charge in [-0.15, -0.1) is 0 Å². The Kier molecular flexibility index (Phi) is 4.66. The molecule has 21 heavy (non-hydrogen) atoms. The minimum absolute atomic E-state index is 0.154. The van der Waals surface area contributed by atoms with Crippen molar-refractivity contribution in [1.29, 1.82) is 0 Å². The van der Waals surface area contributed by atoms with Gasteiger partial charge in [0.1, 0.15) is 18.2 Å². The molecule has 0 N–H and O–H groups in total. The van der Waals surface area contributed by atoms with E-state index in [1.807, 2.05) is 0 Å². The quantitative estimate of drug-likeness (QED) is 0.627. The molecule has 4 nitrogen and oxygen atoms in total. The van der Waals surface area contributed by atoms with Gasteiger partial charge in [-0.05, 0) is 35.9 Å². The van der Waals surface area contributed by atoms with E-state index in [1.165, 1.54) is 19.2 Å². The van der Waals surface area contributed by atoms with Crippen LogP contribution in [-0.4, -0.2) is 19.4 Å². The van der Waals surface area contributed by atoms with E-state index in [1.54, 1.807) is 24.3 Å². The zero-order valence-electron chi connectivity index (χ0n) is 11.3. The van der Waals surface area contributed by atoms with Crippen molar-refractivity contribution in [2.45, 2.75) is 6.61 Å². The smallest absolute Gasteiger partial charge is 0.337 e. The first-order valence-electron chi connectivity index (χ1n) is 6.19. The molecule has 0 spiro atoms. The van der Waals surface area contributed by atoms with Crippen molar-refractivity contribution >= 4 is 12.3 Å². The topological polar surface area (TPSA) is 52.6 Å². The number of benzene rings is 2. The molecule has 0 fully saturated rings. The molecule has 0 heterocycles. The highest BCUT2D eigenvalue weighted by Gasteiger charge is 2.07. The van der Waals surface area contributed by atoms with Crippen LogP contribution in [0.15, 0.2) is 42.5 Å². The number of rotatable bonds is 5. The van der Waals surface area contributed by atoms with E-state index in [-0.39, 0.29) is 12.2 Å². The first-order valence-corrected chi connectivity index (χ1v) is 6.19. The summed E-state index contributed by atoms with van der Waals surface area (Å²) in [6, 6.07) is 10.4. The molecule has 0 atom stereocenters. The van der Waals surface area contributed by atoms with Gasteiger partial charge in [-0.1, -0.05) is 12.1 Å². The second kappa shape index (κ2) is 6.65. The molecule has 2 aromatic carbocycles. The minimum Gasteiger partial charge on any atom is -0.488 e. The third-order valence-corrected chi connectivity index (χ3v) is 2.87.